The Morgan fingerprint density at radius 2 is 2.21 bits per heavy atom. The van der Waals surface area contributed by atoms with Gasteiger partial charge in [0, 0.05) is 26.0 Å². The number of nitrogens with zero attached hydrogens (tertiary/aromatic N) is 5. The van der Waals surface area contributed by atoms with Gasteiger partial charge in [-0.2, -0.15) is 5.10 Å². The molecule has 2 aromatic heterocycles. The molecule has 0 unspecified atom stereocenters. The number of carbonyl (C=O) groups excluding carboxylic acids is 1. The fraction of sp³-hybridized carbons (Fsp3) is 0.417. The first-order valence-corrected chi connectivity index (χ1v) is 6.26. The van der Waals surface area contributed by atoms with E-state index in [1.165, 1.54) is 6.20 Å². The molecule has 0 saturated carbocycles. The van der Waals surface area contributed by atoms with E-state index in [9.17, 15) is 4.79 Å². The number of likely N-dealkylation sites (N-methyl/N-ethyl adjacent to an activating group) is 1. The summed E-state index contributed by atoms with van der Waals surface area (Å²) in [5.41, 5.74) is 0.387. The zero-order valence-corrected chi connectivity index (χ0v) is 11.9. The molecule has 0 aromatic carbocycles. The highest BCUT2D eigenvalue weighted by Crippen LogP contribution is 2.18. The fourth-order valence-corrected chi connectivity index (χ4v) is 1.97. The Hall–Kier alpha value is -1.66. The van der Waals surface area contributed by atoms with Gasteiger partial charge in [0.25, 0.3) is 0 Å². The van der Waals surface area contributed by atoms with E-state index in [0.29, 0.717) is 23.1 Å². The molecule has 102 valence electrons. The Morgan fingerprint density at radius 1 is 1.47 bits per heavy atom. The zero-order chi connectivity index (χ0) is 14.0. The summed E-state index contributed by atoms with van der Waals surface area (Å²) in [5.74, 6) is 0.141. The van der Waals surface area contributed by atoms with Crippen LogP contribution in [0.5, 0.6) is 0 Å². The van der Waals surface area contributed by atoms with Gasteiger partial charge in [0.05, 0.1) is 17.8 Å². The van der Waals surface area contributed by atoms with Crippen LogP contribution >= 0.6 is 11.6 Å². The summed E-state index contributed by atoms with van der Waals surface area (Å²) in [4.78, 5) is 18.5. The standard InChI is InChI=1S/C12H16ClN5O/c1-16(2)6-7-18-10(9(13)8-15-18)11(19)12-14-4-5-17(12)3/h4-5,8H,6-7H2,1-3H3. The summed E-state index contributed by atoms with van der Waals surface area (Å²) in [6, 6.07) is 0. The maximum Gasteiger partial charge on any atom is 0.247 e. The number of imidazole rings is 1. The topological polar surface area (TPSA) is 56.0 Å². The Morgan fingerprint density at radius 3 is 2.79 bits per heavy atom. The Balaban J connectivity index is 2.31. The highest BCUT2D eigenvalue weighted by Gasteiger charge is 2.22. The first-order chi connectivity index (χ1) is 9.00. The van der Waals surface area contributed by atoms with Gasteiger partial charge in [-0.25, -0.2) is 4.98 Å². The van der Waals surface area contributed by atoms with Crippen LogP contribution in [-0.2, 0) is 13.6 Å². The van der Waals surface area contributed by atoms with Crippen molar-refractivity contribution in [2.75, 3.05) is 20.6 Å². The third-order valence-electron chi connectivity index (χ3n) is 2.79. The van der Waals surface area contributed by atoms with Crippen molar-refractivity contribution < 1.29 is 4.79 Å². The number of rotatable bonds is 5. The Bertz CT molecular complexity index is 587. The number of halogens is 1. The molecule has 0 atom stereocenters. The lowest BCUT2D eigenvalue weighted by Crippen LogP contribution is -2.22. The van der Waals surface area contributed by atoms with Gasteiger partial charge in [0.1, 0.15) is 5.69 Å². The molecule has 0 aliphatic rings. The fourth-order valence-electron chi connectivity index (χ4n) is 1.74. The minimum Gasteiger partial charge on any atom is -0.331 e. The van der Waals surface area contributed by atoms with Gasteiger partial charge in [0.15, 0.2) is 5.82 Å². The Kier molecular flexibility index (Phi) is 4.01. The van der Waals surface area contributed by atoms with E-state index < -0.39 is 0 Å². The predicted molar refractivity (Wildman–Crippen MR) is 72.4 cm³/mol. The van der Waals surface area contributed by atoms with E-state index in [1.807, 2.05) is 19.0 Å². The summed E-state index contributed by atoms with van der Waals surface area (Å²) in [5, 5.41) is 4.50. The normalized spacial score (nSPS) is 11.2. The first-order valence-electron chi connectivity index (χ1n) is 5.88. The summed E-state index contributed by atoms with van der Waals surface area (Å²) < 4.78 is 3.29. The van der Waals surface area contributed by atoms with Crippen LogP contribution in [0.4, 0.5) is 0 Å². The number of hydrogen-bond acceptors (Lipinski definition) is 4. The highest BCUT2D eigenvalue weighted by atomic mass is 35.5. The van der Waals surface area contributed by atoms with Crippen molar-refractivity contribution in [2.24, 2.45) is 7.05 Å². The van der Waals surface area contributed by atoms with Gasteiger partial charge >= 0.3 is 0 Å². The van der Waals surface area contributed by atoms with Crippen LogP contribution in [0.1, 0.15) is 16.3 Å². The number of carbonyl (C=O) groups is 1. The minimum absolute atomic E-state index is 0.214. The van der Waals surface area contributed by atoms with E-state index in [2.05, 4.69) is 10.1 Å². The highest BCUT2D eigenvalue weighted by molar-refractivity contribution is 6.34. The van der Waals surface area contributed by atoms with E-state index in [4.69, 9.17) is 11.6 Å². The summed E-state index contributed by atoms with van der Waals surface area (Å²) in [6.07, 6.45) is 4.80. The maximum atomic E-state index is 12.4. The van der Waals surface area contributed by atoms with Crippen molar-refractivity contribution in [3.8, 4) is 0 Å². The number of aromatic nitrogens is 4. The lowest BCUT2D eigenvalue weighted by Gasteiger charge is -2.11. The predicted octanol–water partition coefficient (Wildman–Crippen LogP) is 1.06. The van der Waals surface area contributed by atoms with Crippen molar-refractivity contribution in [1.29, 1.82) is 0 Å². The van der Waals surface area contributed by atoms with E-state index >= 15 is 0 Å². The van der Waals surface area contributed by atoms with Crippen molar-refractivity contribution in [3.05, 3.63) is 35.1 Å². The van der Waals surface area contributed by atoms with Gasteiger partial charge in [-0.3, -0.25) is 9.48 Å². The van der Waals surface area contributed by atoms with Crippen LogP contribution in [0.2, 0.25) is 5.02 Å². The molecule has 6 nitrogen and oxygen atoms in total. The largest absolute Gasteiger partial charge is 0.331 e. The molecule has 0 saturated heterocycles. The van der Waals surface area contributed by atoms with Gasteiger partial charge < -0.3 is 9.47 Å². The monoisotopic (exact) mass is 281 g/mol. The SMILES string of the molecule is CN(C)CCn1ncc(Cl)c1C(=O)c1nccn1C. The van der Waals surface area contributed by atoms with Crippen molar-refractivity contribution >= 4 is 17.4 Å². The summed E-state index contributed by atoms with van der Waals surface area (Å²) in [6.45, 7) is 1.38. The molecule has 0 amide bonds. The molecular weight excluding hydrogens is 266 g/mol. The molecule has 0 bridgehead atoms. The average molecular weight is 282 g/mol. The lowest BCUT2D eigenvalue weighted by atomic mass is 10.2. The molecule has 0 fully saturated rings. The lowest BCUT2D eigenvalue weighted by molar-refractivity contribution is 0.101. The molecule has 7 heteroatoms. The Labute approximate surface area is 116 Å². The molecule has 2 heterocycles. The van der Waals surface area contributed by atoms with Crippen molar-refractivity contribution in [2.45, 2.75) is 6.54 Å². The molecule has 2 rings (SSSR count). The third kappa shape index (κ3) is 2.85. The van der Waals surface area contributed by atoms with Crippen LogP contribution in [0, 0.1) is 0 Å². The van der Waals surface area contributed by atoms with Gasteiger partial charge in [0.2, 0.25) is 5.78 Å². The van der Waals surface area contributed by atoms with Crippen molar-refractivity contribution in [3.63, 3.8) is 0 Å². The van der Waals surface area contributed by atoms with E-state index in [1.54, 1.807) is 28.7 Å². The van der Waals surface area contributed by atoms with Gasteiger partial charge in [-0.15, -0.1) is 0 Å². The second-order valence-corrected chi connectivity index (χ2v) is 4.97. The smallest absolute Gasteiger partial charge is 0.247 e. The van der Waals surface area contributed by atoms with Crippen molar-refractivity contribution in [1.82, 2.24) is 24.2 Å². The number of hydrogen-bond donors (Lipinski definition) is 0. The van der Waals surface area contributed by atoms with Gasteiger partial charge in [-0.05, 0) is 14.1 Å². The summed E-state index contributed by atoms with van der Waals surface area (Å²) in [7, 11) is 5.70. The van der Waals surface area contributed by atoms with Crippen LogP contribution in [0.3, 0.4) is 0 Å². The van der Waals surface area contributed by atoms with E-state index in [0.717, 1.165) is 6.54 Å². The molecule has 0 aliphatic heterocycles. The molecule has 0 aliphatic carbocycles. The molecule has 19 heavy (non-hydrogen) atoms. The second-order valence-electron chi connectivity index (χ2n) is 4.56. The van der Waals surface area contributed by atoms with E-state index in [-0.39, 0.29) is 5.78 Å². The van der Waals surface area contributed by atoms with Gasteiger partial charge in [-0.1, -0.05) is 11.6 Å². The minimum atomic E-state index is -0.214. The maximum absolute atomic E-state index is 12.4. The van der Waals surface area contributed by atoms with Crippen LogP contribution in [-0.4, -0.2) is 50.7 Å². The first kappa shape index (κ1) is 13.8. The summed E-state index contributed by atoms with van der Waals surface area (Å²) >= 11 is 6.07. The van der Waals surface area contributed by atoms with Crippen LogP contribution in [0.15, 0.2) is 18.6 Å². The number of aryl methyl sites for hydroxylation is 1. The molecular formula is C12H16ClN5O. The third-order valence-corrected chi connectivity index (χ3v) is 3.07. The molecule has 2 aromatic rings. The second kappa shape index (κ2) is 5.54. The quantitative estimate of drug-likeness (QED) is 0.769. The number of ketones is 1. The van der Waals surface area contributed by atoms with Crippen LogP contribution < -0.4 is 0 Å². The average Bonchev–Trinajstić information content (AvgIpc) is 2.92. The zero-order valence-electron chi connectivity index (χ0n) is 11.2. The van der Waals surface area contributed by atoms with Crippen LogP contribution in [0.25, 0.3) is 0 Å². The molecule has 0 radical (unpaired) electrons. The molecule has 0 spiro atoms. The molecule has 0 N–H and O–H groups in total.